The van der Waals surface area contributed by atoms with Gasteiger partial charge in [0.2, 0.25) is 0 Å². The van der Waals surface area contributed by atoms with Crippen LogP contribution in [0, 0.1) is 11.6 Å². The van der Waals surface area contributed by atoms with Crippen molar-refractivity contribution in [2.45, 2.75) is 6.54 Å². The normalized spacial score (nSPS) is 10.4. The van der Waals surface area contributed by atoms with Crippen molar-refractivity contribution in [3.63, 3.8) is 0 Å². The van der Waals surface area contributed by atoms with Gasteiger partial charge in [0.25, 0.3) is 5.56 Å². The molecule has 6 heteroatoms. The first-order valence-corrected chi connectivity index (χ1v) is 5.34. The van der Waals surface area contributed by atoms with Gasteiger partial charge in [-0.15, -0.1) is 0 Å². The molecule has 0 amide bonds. The number of hydrogen-bond donors (Lipinski definition) is 1. The van der Waals surface area contributed by atoms with Crippen molar-refractivity contribution in [1.29, 1.82) is 0 Å². The molecule has 2 rings (SSSR count). The number of halogens is 2. The Kier molecular flexibility index (Phi) is 3.41. The largest absolute Gasteiger partial charge is 0.478 e. The van der Waals surface area contributed by atoms with Gasteiger partial charge in [0, 0.05) is 18.3 Å². The van der Waals surface area contributed by atoms with E-state index in [1.165, 1.54) is 16.8 Å². The van der Waals surface area contributed by atoms with Gasteiger partial charge in [0.1, 0.15) is 11.6 Å². The number of rotatable bonds is 3. The summed E-state index contributed by atoms with van der Waals surface area (Å²) in [6.45, 7) is -0.0343. The fraction of sp³-hybridized carbons (Fsp3) is 0.0769. The van der Waals surface area contributed by atoms with E-state index in [0.29, 0.717) is 0 Å². The third kappa shape index (κ3) is 3.04. The van der Waals surface area contributed by atoms with Gasteiger partial charge >= 0.3 is 5.97 Å². The topological polar surface area (TPSA) is 59.3 Å². The van der Waals surface area contributed by atoms with E-state index in [0.717, 1.165) is 24.3 Å². The Balaban J connectivity index is 2.33. The highest BCUT2D eigenvalue weighted by Crippen LogP contribution is 2.09. The molecule has 0 atom stereocenters. The minimum atomic E-state index is -1.21. The monoisotopic (exact) mass is 265 g/mol. The van der Waals surface area contributed by atoms with Crippen LogP contribution in [0.25, 0.3) is 0 Å². The maximum Gasteiger partial charge on any atom is 0.335 e. The van der Waals surface area contributed by atoms with Gasteiger partial charge in [-0.2, -0.15) is 0 Å². The molecule has 2 aromatic rings. The summed E-state index contributed by atoms with van der Waals surface area (Å²) in [5, 5.41) is 8.72. The van der Waals surface area contributed by atoms with E-state index in [-0.39, 0.29) is 17.7 Å². The molecule has 0 spiro atoms. The second-order valence-corrected chi connectivity index (χ2v) is 3.96. The van der Waals surface area contributed by atoms with Crippen molar-refractivity contribution < 1.29 is 18.7 Å². The number of carboxylic acid groups (broad SMARTS) is 1. The molecule has 1 heterocycles. The summed E-state index contributed by atoms with van der Waals surface area (Å²) >= 11 is 0. The zero-order valence-electron chi connectivity index (χ0n) is 9.64. The van der Waals surface area contributed by atoms with Crippen LogP contribution in [0.2, 0.25) is 0 Å². The highest BCUT2D eigenvalue weighted by Gasteiger charge is 2.06. The quantitative estimate of drug-likeness (QED) is 0.921. The Bertz CT molecular complexity index is 674. The number of pyridine rings is 1. The first kappa shape index (κ1) is 12.9. The molecule has 0 radical (unpaired) electrons. The molecular formula is C13H9F2NO3. The number of aromatic nitrogens is 1. The summed E-state index contributed by atoms with van der Waals surface area (Å²) < 4.78 is 27.2. The van der Waals surface area contributed by atoms with E-state index in [9.17, 15) is 18.4 Å². The van der Waals surface area contributed by atoms with E-state index in [1.54, 1.807) is 0 Å². The van der Waals surface area contributed by atoms with Gasteiger partial charge in [-0.3, -0.25) is 4.79 Å². The summed E-state index contributed by atoms with van der Waals surface area (Å²) in [4.78, 5) is 22.3. The van der Waals surface area contributed by atoms with Crippen LogP contribution in [0.15, 0.2) is 41.3 Å². The Morgan fingerprint density at radius 3 is 2.32 bits per heavy atom. The third-order valence-electron chi connectivity index (χ3n) is 2.52. The summed E-state index contributed by atoms with van der Waals surface area (Å²) in [5.41, 5.74) is -0.404. The van der Waals surface area contributed by atoms with Crippen molar-refractivity contribution >= 4 is 5.97 Å². The van der Waals surface area contributed by atoms with Crippen molar-refractivity contribution in [2.75, 3.05) is 0 Å². The predicted molar refractivity (Wildman–Crippen MR) is 63.1 cm³/mol. The van der Waals surface area contributed by atoms with Crippen LogP contribution in [-0.4, -0.2) is 15.6 Å². The van der Waals surface area contributed by atoms with E-state index < -0.39 is 23.2 Å². The van der Waals surface area contributed by atoms with Crippen LogP contribution in [0.4, 0.5) is 8.78 Å². The second-order valence-electron chi connectivity index (χ2n) is 3.96. The number of nitrogens with zero attached hydrogens (tertiary/aromatic N) is 1. The lowest BCUT2D eigenvalue weighted by molar-refractivity contribution is 0.0696. The Hall–Kier alpha value is -2.50. The molecule has 19 heavy (non-hydrogen) atoms. The third-order valence-corrected chi connectivity index (χ3v) is 2.52. The summed E-state index contributed by atoms with van der Waals surface area (Å²) in [7, 11) is 0. The van der Waals surface area contributed by atoms with Crippen LogP contribution in [0.1, 0.15) is 15.9 Å². The fourth-order valence-corrected chi connectivity index (χ4v) is 1.67. The lowest BCUT2D eigenvalue weighted by Crippen LogP contribution is -2.20. The molecule has 1 aromatic carbocycles. The molecule has 0 saturated heterocycles. The molecule has 0 aliphatic heterocycles. The first-order valence-electron chi connectivity index (χ1n) is 5.34. The SMILES string of the molecule is O=C(O)c1ccn(Cc2cc(F)cc(F)c2)c(=O)c1. The molecule has 0 aliphatic carbocycles. The molecule has 0 fully saturated rings. The van der Waals surface area contributed by atoms with E-state index in [1.807, 2.05) is 0 Å². The zero-order chi connectivity index (χ0) is 14.0. The molecule has 1 N–H and O–H groups in total. The average Bonchev–Trinajstić information content (AvgIpc) is 2.30. The summed E-state index contributed by atoms with van der Waals surface area (Å²) in [6.07, 6.45) is 1.27. The van der Waals surface area contributed by atoms with Crippen molar-refractivity contribution in [2.24, 2.45) is 0 Å². The summed E-state index contributed by atoms with van der Waals surface area (Å²) in [6, 6.07) is 5.17. The number of aromatic carboxylic acids is 1. The number of hydrogen-bond acceptors (Lipinski definition) is 2. The Labute approximate surface area is 106 Å². The molecule has 0 saturated carbocycles. The van der Waals surface area contributed by atoms with Gasteiger partial charge in [0.15, 0.2) is 0 Å². The summed E-state index contributed by atoms with van der Waals surface area (Å²) in [5.74, 6) is -2.67. The fourth-order valence-electron chi connectivity index (χ4n) is 1.67. The molecule has 0 bridgehead atoms. The van der Waals surface area contributed by atoms with Crippen LogP contribution in [0.3, 0.4) is 0 Å². The highest BCUT2D eigenvalue weighted by molar-refractivity contribution is 5.87. The van der Waals surface area contributed by atoms with Crippen LogP contribution in [0.5, 0.6) is 0 Å². The molecule has 98 valence electrons. The number of carboxylic acids is 1. The maximum absolute atomic E-state index is 13.0. The van der Waals surface area contributed by atoms with E-state index in [2.05, 4.69) is 0 Å². The lowest BCUT2D eigenvalue weighted by Gasteiger charge is -2.06. The number of carbonyl (C=O) groups is 1. The minimum Gasteiger partial charge on any atom is -0.478 e. The average molecular weight is 265 g/mol. The van der Waals surface area contributed by atoms with Gasteiger partial charge < -0.3 is 9.67 Å². The minimum absolute atomic E-state index is 0.0343. The lowest BCUT2D eigenvalue weighted by atomic mass is 10.2. The van der Waals surface area contributed by atoms with Crippen LogP contribution < -0.4 is 5.56 Å². The predicted octanol–water partition coefficient (Wildman–Crippen LogP) is 1.87. The molecule has 1 aromatic heterocycles. The zero-order valence-corrected chi connectivity index (χ0v) is 9.64. The Morgan fingerprint density at radius 1 is 1.16 bits per heavy atom. The van der Waals surface area contributed by atoms with Gasteiger partial charge in [0.05, 0.1) is 12.1 Å². The molecular weight excluding hydrogens is 256 g/mol. The highest BCUT2D eigenvalue weighted by atomic mass is 19.1. The number of benzene rings is 1. The van der Waals surface area contributed by atoms with Crippen molar-refractivity contribution in [1.82, 2.24) is 4.57 Å². The first-order chi connectivity index (χ1) is 8.95. The smallest absolute Gasteiger partial charge is 0.335 e. The van der Waals surface area contributed by atoms with Crippen LogP contribution >= 0.6 is 0 Å². The Morgan fingerprint density at radius 2 is 1.79 bits per heavy atom. The van der Waals surface area contributed by atoms with Gasteiger partial charge in [-0.25, -0.2) is 13.6 Å². The molecule has 0 aliphatic rings. The standard InChI is InChI=1S/C13H9F2NO3/c14-10-3-8(4-11(15)6-10)7-16-2-1-9(13(18)19)5-12(16)17/h1-6H,7H2,(H,18,19). The second kappa shape index (κ2) is 5.01. The van der Waals surface area contributed by atoms with Gasteiger partial charge in [-0.1, -0.05) is 0 Å². The van der Waals surface area contributed by atoms with Crippen molar-refractivity contribution in [3.8, 4) is 0 Å². The maximum atomic E-state index is 13.0. The molecule has 0 unspecified atom stereocenters. The van der Waals surface area contributed by atoms with E-state index >= 15 is 0 Å². The van der Waals surface area contributed by atoms with E-state index in [4.69, 9.17) is 5.11 Å². The van der Waals surface area contributed by atoms with Crippen LogP contribution in [-0.2, 0) is 6.54 Å². The van der Waals surface area contributed by atoms with Gasteiger partial charge in [-0.05, 0) is 23.8 Å². The van der Waals surface area contributed by atoms with Crippen molar-refractivity contribution in [3.05, 3.63) is 69.6 Å². The molecule has 4 nitrogen and oxygen atoms in total.